The number of nitrogens with one attached hydrogen (secondary N) is 1. The Morgan fingerprint density at radius 3 is 2.72 bits per heavy atom. The third-order valence-corrected chi connectivity index (χ3v) is 4.00. The number of hydrogen-bond acceptors (Lipinski definition) is 2. The smallest absolute Gasteiger partial charge is 0.167 e. The molecule has 0 radical (unpaired) electrons. The van der Waals surface area contributed by atoms with E-state index >= 15 is 0 Å². The van der Waals surface area contributed by atoms with Crippen LogP contribution in [0.1, 0.15) is 39.5 Å². The third kappa shape index (κ3) is 2.77. The van der Waals surface area contributed by atoms with Crippen LogP contribution in [0.2, 0.25) is 0 Å². The molecular formula is C15H22FNO. The minimum absolute atomic E-state index is 0.272. The zero-order valence-corrected chi connectivity index (χ0v) is 11.4. The molecule has 0 bridgehead atoms. The van der Waals surface area contributed by atoms with Crippen LogP contribution in [0.25, 0.3) is 0 Å². The van der Waals surface area contributed by atoms with E-state index in [1.165, 1.54) is 32.4 Å². The minimum Gasteiger partial charge on any atom is -0.494 e. The second-order valence-corrected chi connectivity index (χ2v) is 5.78. The molecule has 1 saturated carbocycles. The summed E-state index contributed by atoms with van der Waals surface area (Å²) in [4.78, 5) is 0. The van der Waals surface area contributed by atoms with Crippen LogP contribution in [-0.4, -0.2) is 13.2 Å². The van der Waals surface area contributed by atoms with Gasteiger partial charge in [-0.1, -0.05) is 26.7 Å². The lowest BCUT2D eigenvalue weighted by atomic mass is 9.73. The summed E-state index contributed by atoms with van der Waals surface area (Å²) in [5, 5.41) is 3.47. The highest BCUT2D eigenvalue weighted by Gasteiger charge is 2.32. The van der Waals surface area contributed by atoms with Gasteiger partial charge in [0.05, 0.1) is 7.11 Å². The summed E-state index contributed by atoms with van der Waals surface area (Å²) in [6.45, 7) is 4.56. The second kappa shape index (κ2) is 5.17. The molecular weight excluding hydrogens is 229 g/mol. The van der Waals surface area contributed by atoms with Crippen molar-refractivity contribution in [2.45, 2.75) is 45.6 Å². The van der Waals surface area contributed by atoms with Gasteiger partial charge in [0.15, 0.2) is 11.6 Å². The summed E-state index contributed by atoms with van der Waals surface area (Å²) in [5.41, 5.74) is 1.11. The van der Waals surface area contributed by atoms with Crippen LogP contribution in [0.15, 0.2) is 18.2 Å². The van der Waals surface area contributed by atoms with E-state index in [0.717, 1.165) is 12.1 Å². The summed E-state index contributed by atoms with van der Waals surface area (Å²) >= 11 is 0. The molecule has 1 unspecified atom stereocenters. The zero-order valence-electron chi connectivity index (χ0n) is 11.4. The predicted octanol–water partition coefficient (Wildman–Crippen LogP) is 4.22. The van der Waals surface area contributed by atoms with Gasteiger partial charge in [-0.15, -0.1) is 0 Å². The number of rotatable bonds is 3. The van der Waals surface area contributed by atoms with Crippen molar-refractivity contribution in [2.24, 2.45) is 5.41 Å². The molecule has 0 amide bonds. The van der Waals surface area contributed by atoms with Crippen LogP contribution in [0.5, 0.6) is 5.75 Å². The summed E-state index contributed by atoms with van der Waals surface area (Å²) in [6, 6.07) is 5.49. The lowest BCUT2D eigenvalue weighted by molar-refractivity contribution is 0.217. The normalized spacial score (nSPS) is 22.6. The van der Waals surface area contributed by atoms with Crippen LogP contribution in [-0.2, 0) is 0 Å². The first-order chi connectivity index (χ1) is 8.53. The van der Waals surface area contributed by atoms with Crippen LogP contribution < -0.4 is 10.1 Å². The molecule has 1 aromatic rings. The van der Waals surface area contributed by atoms with E-state index in [1.807, 2.05) is 6.07 Å². The van der Waals surface area contributed by atoms with Crippen LogP contribution in [0.4, 0.5) is 10.1 Å². The van der Waals surface area contributed by atoms with E-state index in [1.54, 1.807) is 6.07 Å². The van der Waals surface area contributed by atoms with Crippen molar-refractivity contribution in [3.8, 4) is 5.75 Å². The third-order valence-electron chi connectivity index (χ3n) is 4.00. The summed E-state index contributed by atoms with van der Waals surface area (Å²) in [6.07, 6.45) is 4.92. The molecule has 2 nitrogen and oxygen atoms in total. The molecule has 1 aliphatic rings. The molecule has 1 aromatic carbocycles. The molecule has 1 fully saturated rings. The molecule has 1 aliphatic carbocycles. The monoisotopic (exact) mass is 251 g/mol. The number of ether oxygens (including phenoxy) is 1. The number of anilines is 1. The fourth-order valence-corrected chi connectivity index (χ4v) is 2.72. The van der Waals surface area contributed by atoms with Crippen LogP contribution in [0, 0.1) is 11.2 Å². The van der Waals surface area contributed by atoms with Gasteiger partial charge >= 0.3 is 0 Å². The van der Waals surface area contributed by atoms with Gasteiger partial charge in [-0.3, -0.25) is 0 Å². The van der Waals surface area contributed by atoms with E-state index in [4.69, 9.17) is 4.74 Å². The highest BCUT2D eigenvalue weighted by atomic mass is 19.1. The number of methoxy groups -OCH3 is 1. The standard InChI is InChI=1S/C15H22FNO/c1-15(2)9-5-4-6-14(15)17-11-7-8-13(18-3)12(16)10-11/h7-8,10,14,17H,4-6,9H2,1-3H3. The Morgan fingerprint density at radius 1 is 1.33 bits per heavy atom. The van der Waals surface area contributed by atoms with Crippen molar-refractivity contribution in [2.75, 3.05) is 12.4 Å². The number of benzene rings is 1. The molecule has 2 rings (SSSR count). The second-order valence-electron chi connectivity index (χ2n) is 5.78. The predicted molar refractivity (Wildman–Crippen MR) is 72.6 cm³/mol. The Labute approximate surface area is 109 Å². The van der Waals surface area contributed by atoms with Gasteiger partial charge in [-0.05, 0) is 30.4 Å². The van der Waals surface area contributed by atoms with E-state index in [0.29, 0.717) is 11.8 Å². The molecule has 1 atom stereocenters. The lowest BCUT2D eigenvalue weighted by Gasteiger charge is -2.39. The molecule has 18 heavy (non-hydrogen) atoms. The maximum Gasteiger partial charge on any atom is 0.167 e. The first-order valence-corrected chi connectivity index (χ1v) is 6.63. The molecule has 3 heteroatoms. The maximum absolute atomic E-state index is 13.6. The van der Waals surface area contributed by atoms with Crippen molar-refractivity contribution < 1.29 is 9.13 Å². The molecule has 0 saturated heterocycles. The van der Waals surface area contributed by atoms with Crippen molar-refractivity contribution in [3.63, 3.8) is 0 Å². The Bertz CT molecular complexity index is 417. The van der Waals surface area contributed by atoms with Gasteiger partial charge in [-0.2, -0.15) is 0 Å². The maximum atomic E-state index is 13.6. The average molecular weight is 251 g/mol. The largest absolute Gasteiger partial charge is 0.494 e. The Balaban J connectivity index is 2.11. The minimum atomic E-state index is -0.309. The van der Waals surface area contributed by atoms with Gasteiger partial charge in [-0.25, -0.2) is 4.39 Å². The van der Waals surface area contributed by atoms with E-state index < -0.39 is 0 Å². The Kier molecular flexibility index (Phi) is 3.79. The van der Waals surface area contributed by atoms with Crippen molar-refractivity contribution in [3.05, 3.63) is 24.0 Å². The molecule has 100 valence electrons. The zero-order chi connectivity index (χ0) is 13.2. The van der Waals surface area contributed by atoms with Crippen molar-refractivity contribution in [1.29, 1.82) is 0 Å². The van der Waals surface area contributed by atoms with Gasteiger partial charge in [0, 0.05) is 17.8 Å². The highest BCUT2D eigenvalue weighted by molar-refractivity contribution is 5.48. The van der Waals surface area contributed by atoms with Gasteiger partial charge < -0.3 is 10.1 Å². The van der Waals surface area contributed by atoms with Crippen molar-refractivity contribution in [1.82, 2.24) is 0 Å². The average Bonchev–Trinajstić information content (AvgIpc) is 2.32. The van der Waals surface area contributed by atoms with E-state index in [-0.39, 0.29) is 11.2 Å². The van der Waals surface area contributed by atoms with Gasteiger partial charge in [0.1, 0.15) is 0 Å². The summed E-state index contributed by atoms with van der Waals surface area (Å²) in [7, 11) is 1.48. The molecule has 1 N–H and O–H groups in total. The molecule has 0 aliphatic heterocycles. The van der Waals surface area contributed by atoms with Gasteiger partial charge in [0.25, 0.3) is 0 Å². The molecule has 0 heterocycles. The van der Waals surface area contributed by atoms with E-state index in [9.17, 15) is 4.39 Å². The molecule has 0 spiro atoms. The SMILES string of the molecule is COc1ccc(NC2CCCCC2(C)C)cc1F. The number of halogens is 1. The topological polar surface area (TPSA) is 21.3 Å². The first-order valence-electron chi connectivity index (χ1n) is 6.63. The fraction of sp³-hybridized carbons (Fsp3) is 0.600. The Hall–Kier alpha value is -1.25. The molecule has 0 aromatic heterocycles. The Morgan fingerprint density at radius 2 is 2.11 bits per heavy atom. The number of hydrogen-bond donors (Lipinski definition) is 1. The fourth-order valence-electron chi connectivity index (χ4n) is 2.72. The first kappa shape index (κ1) is 13.2. The summed E-state index contributed by atoms with van der Waals surface area (Å²) in [5.74, 6) is -0.0143. The quantitative estimate of drug-likeness (QED) is 0.868. The van der Waals surface area contributed by atoms with Crippen molar-refractivity contribution >= 4 is 5.69 Å². The lowest BCUT2D eigenvalue weighted by Crippen LogP contribution is -2.38. The van der Waals surface area contributed by atoms with E-state index in [2.05, 4.69) is 19.2 Å². The van der Waals surface area contributed by atoms with Crippen LogP contribution in [0.3, 0.4) is 0 Å². The van der Waals surface area contributed by atoms with Crippen LogP contribution >= 0.6 is 0 Å². The highest BCUT2D eigenvalue weighted by Crippen LogP contribution is 2.37. The van der Waals surface area contributed by atoms with Gasteiger partial charge in [0.2, 0.25) is 0 Å². The summed E-state index contributed by atoms with van der Waals surface area (Å²) < 4.78 is 18.6.